The van der Waals surface area contributed by atoms with Crippen LogP contribution in [0.1, 0.15) is 30.1 Å². The summed E-state index contributed by atoms with van der Waals surface area (Å²) >= 11 is 0. The Labute approximate surface area is 172 Å². The number of nitrogens with zero attached hydrogens (tertiary/aromatic N) is 6. The Balaban J connectivity index is 1.47. The highest BCUT2D eigenvalue weighted by Crippen LogP contribution is 2.31. The molecule has 150 valence electrons. The highest BCUT2D eigenvalue weighted by atomic mass is 15.2. The molecular weight excluding hydrogens is 378 g/mol. The molecule has 0 radical (unpaired) electrons. The quantitative estimate of drug-likeness (QED) is 0.430. The van der Waals surface area contributed by atoms with Gasteiger partial charge < -0.3 is 14.9 Å². The first kappa shape index (κ1) is 17.3. The van der Waals surface area contributed by atoms with Crippen molar-refractivity contribution in [3.63, 3.8) is 0 Å². The maximum atomic E-state index is 4.73. The van der Waals surface area contributed by atoms with Crippen LogP contribution in [0, 0.1) is 6.92 Å². The van der Waals surface area contributed by atoms with Gasteiger partial charge in [0.05, 0.1) is 29.4 Å². The number of pyridine rings is 2. The van der Waals surface area contributed by atoms with Gasteiger partial charge in [0.1, 0.15) is 11.2 Å². The second-order valence-electron chi connectivity index (χ2n) is 7.79. The predicted molar refractivity (Wildman–Crippen MR) is 113 cm³/mol. The van der Waals surface area contributed by atoms with Gasteiger partial charge in [-0.15, -0.1) is 0 Å². The van der Waals surface area contributed by atoms with Gasteiger partial charge in [0.25, 0.3) is 0 Å². The highest BCUT2D eigenvalue weighted by Gasteiger charge is 2.20. The number of nitrogens with one attached hydrogen (secondary N) is 3. The van der Waals surface area contributed by atoms with Crippen molar-refractivity contribution in [3.05, 3.63) is 48.4 Å². The van der Waals surface area contributed by atoms with Crippen molar-refractivity contribution < 1.29 is 0 Å². The Kier molecular flexibility index (Phi) is 3.88. The van der Waals surface area contributed by atoms with Crippen LogP contribution in [0.3, 0.4) is 0 Å². The topological polar surface area (TPSA) is 113 Å². The van der Waals surface area contributed by atoms with Gasteiger partial charge in [0, 0.05) is 29.4 Å². The summed E-state index contributed by atoms with van der Waals surface area (Å²) in [6, 6.07) is 4.11. The molecule has 9 nitrogen and oxygen atoms in total. The molecule has 1 saturated heterocycles. The fraction of sp³-hybridized carbons (Fsp3) is 0.286. The van der Waals surface area contributed by atoms with Crippen LogP contribution in [0.5, 0.6) is 0 Å². The molecule has 5 aromatic rings. The van der Waals surface area contributed by atoms with Gasteiger partial charge in [-0.25, -0.2) is 15.0 Å². The number of rotatable bonds is 3. The zero-order valence-corrected chi connectivity index (χ0v) is 16.6. The third kappa shape index (κ3) is 2.78. The number of hydrogen-bond donors (Lipinski definition) is 3. The summed E-state index contributed by atoms with van der Waals surface area (Å²) in [7, 11) is 0. The van der Waals surface area contributed by atoms with Gasteiger partial charge in [-0.1, -0.05) is 0 Å². The van der Waals surface area contributed by atoms with E-state index in [0.717, 1.165) is 65.1 Å². The molecule has 0 aliphatic carbocycles. The fourth-order valence-corrected chi connectivity index (χ4v) is 4.23. The Morgan fingerprint density at radius 1 is 1.13 bits per heavy atom. The first-order valence-electron chi connectivity index (χ1n) is 10.2. The smallest absolute Gasteiger partial charge is 0.180 e. The number of aromatic nitrogens is 8. The summed E-state index contributed by atoms with van der Waals surface area (Å²) in [6.07, 6.45) is 9.63. The summed E-state index contributed by atoms with van der Waals surface area (Å²) in [6.45, 7) is 4.04. The standard InChI is InChI=1S/C21H21N9/c1-12-10-30(11-25-12)17-4-7-23-20-19(17)26-21(27-20)18-14-8-15(13-2-5-22-6-3-13)24-9-16(14)28-29-18/h4,7-11,13,22H,2-3,5-6H2,1H3,(H,28,29)(H,23,26,27). The summed E-state index contributed by atoms with van der Waals surface area (Å²) in [5.74, 6) is 1.17. The predicted octanol–water partition coefficient (Wildman–Crippen LogP) is 2.86. The average molecular weight is 399 g/mol. The maximum Gasteiger partial charge on any atom is 0.180 e. The van der Waals surface area contributed by atoms with Gasteiger partial charge in [0.15, 0.2) is 11.5 Å². The van der Waals surface area contributed by atoms with E-state index in [2.05, 4.69) is 41.5 Å². The van der Waals surface area contributed by atoms with E-state index < -0.39 is 0 Å². The lowest BCUT2D eigenvalue weighted by atomic mass is 9.93. The molecule has 30 heavy (non-hydrogen) atoms. The van der Waals surface area contributed by atoms with Gasteiger partial charge >= 0.3 is 0 Å². The Morgan fingerprint density at radius 2 is 2.03 bits per heavy atom. The molecule has 0 amide bonds. The van der Waals surface area contributed by atoms with Crippen molar-refractivity contribution in [2.45, 2.75) is 25.7 Å². The Morgan fingerprint density at radius 3 is 2.87 bits per heavy atom. The minimum atomic E-state index is 0.479. The van der Waals surface area contributed by atoms with Crippen molar-refractivity contribution in [3.8, 4) is 17.2 Å². The third-order valence-electron chi connectivity index (χ3n) is 5.81. The molecule has 0 bridgehead atoms. The zero-order chi connectivity index (χ0) is 20.1. The molecule has 6 heterocycles. The van der Waals surface area contributed by atoms with Crippen LogP contribution in [0.15, 0.2) is 37.1 Å². The van der Waals surface area contributed by atoms with Gasteiger partial charge in [-0.05, 0) is 45.0 Å². The Bertz CT molecular complexity index is 1350. The molecule has 0 spiro atoms. The van der Waals surface area contributed by atoms with E-state index in [1.807, 2.05) is 30.0 Å². The second-order valence-corrected chi connectivity index (χ2v) is 7.79. The molecule has 0 saturated carbocycles. The number of hydrogen-bond acceptors (Lipinski definition) is 6. The van der Waals surface area contributed by atoms with Crippen molar-refractivity contribution in [1.29, 1.82) is 0 Å². The van der Waals surface area contributed by atoms with E-state index in [4.69, 9.17) is 4.98 Å². The fourth-order valence-electron chi connectivity index (χ4n) is 4.23. The number of piperidine rings is 1. The van der Waals surface area contributed by atoms with Crippen molar-refractivity contribution in [1.82, 2.24) is 45.0 Å². The molecular formula is C21H21N9. The maximum absolute atomic E-state index is 4.73. The van der Waals surface area contributed by atoms with Crippen molar-refractivity contribution >= 4 is 22.1 Å². The first-order valence-corrected chi connectivity index (χ1v) is 10.2. The number of aromatic amines is 2. The minimum Gasteiger partial charge on any atom is -0.333 e. The minimum absolute atomic E-state index is 0.479. The van der Waals surface area contributed by atoms with Gasteiger partial charge in [-0.2, -0.15) is 5.10 Å². The highest BCUT2D eigenvalue weighted by molar-refractivity contribution is 5.93. The lowest BCUT2D eigenvalue weighted by molar-refractivity contribution is 0.453. The summed E-state index contributed by atoms with van der Waals surface area (Å²) in [4.78, 5) is 21.6. The second kappa shape index (κ2) is 6.74. The molecule has 0 unspecified atom stereocenters. The number of imidazole rings is 2. The van der Waals surface area contributed by atoms with E-state index in [1.165, 1.54) is 0 Å². The number of H-pyrrole nitrogens is 2. The van der Waals surface area contributed by atoms with Crippen LogP contribution in [-0.2, 0) is 0 Å². The monoisotopic (exact) mass is 399 g/mol. The van der Waals surface area contributed by atoms with Crippen LogP contribution >= 0.6 is 0 Å². The van der Waals surface area contributed by atoms with Crippen LogP contribution < -0.4 is 5.32 Å². The normalized spacial score (nSPS) is 15.4. The molecule has 1 fully saturated rings. The molecule has 6 rings (SSSR count). The van der Waals surface area contributed by atoms with Gasteiger partial charge in [0.2, 0.25) is 0 Å². The summed E-state index contributed by atoms with van der Waals surface area (Å²) < 4.78 is 1.98. The molecule has 0 atom stereocenters. The zero-order valence-electron chi connectivity index (χ0n) is 16.6. The van der Waals surface area contributed by atoms with E-state index >= 15 is 0 Å². The largest absolute Gasteiger partial charge is 0.333 e. The average Bonchev–Trinajstić information content (AvgIpc) is 3.51. The van der Waals surface area contributed by atoms with Crippen molar-refractivity contribution in [2.75, 3.05) is 13.1 Å². The van der Waals surface area contributed by atoms with Gasteiger partial charge in [-0.3, -0.25) is 10.1 Å². The van der Waals surface area contributed by atoms with Crippen LogP contribution in [0.25, 0.3) is 39.3 Å². The Hall–Kier alpha value is -3.59. The van der Waals surface area contributed by atoms with Crippen LogP contribution in [0.2, 0.25) is 0 Å². The molecule has 1 aliphatic heterocycles. The molecule has 0 aromatic carbocycles. The van der Waals surface area contributed by atoms with E-state index in [9.17, 15) is 0 Å². The SMILES string of the molecule is Cc1cn(-c2ccnc3nc(-c4n[nH]c5cnc(C6CCNCC6)cc45)[nH]c23)cn1. The van der Waals surface area contributed by atoms with Crippen LogP contribution in [0.4, 0.5) is 0 Å². The first-order chi connectivity index (χ1) is 14.8. The number of aryl methyl sites for hydroxylation is 1. The molecule has 3 N–H and O–H groups in total. The lowest BCUT2D eigenvalue weighted by Gasteiger charge is -2.21. The van der Waals surface area contributed by atoms with E-state index in [0.29, 0.717) is 17.4 Å². The third-order valence-corrected chi connectivity index (χ3v) is 5.81. The van der Waals surface area contributed by atoms with Crippen molar-refractivity contribution in [2.24, 2.45) is 0 Å². The van der Waals surface area contributed by atoms with E-state index in [1.54, 1.807) is 12.5 Å². The van der Waals surface area contributed by atoms with E-state index in [-0.39, 0.29) is 0 Å². The molecule has 9 heteroatoms. The summed E-state index contributed by atoms with van der Waals surface area (Å²) in [5, 5.41) is 12.1. The lowest BCUT2D eigenvalue weighted by Crippen LogP contribution is -2.27. The summed E-state index contributed by atoms with van der Waals surface area (Å²) in [5.41, 5.74) is 6.23. The van der Waals surface area contributed by atoms with Crippen LogP contribution in [-0.4, -0.2) is 52.8 Å². The number of fused-ring (bicyclic) bond motifs is 2. The molecule has 5 aromatic heterocycles. The molecule has 1 aliphatic rings.